The molecule has 3 unspecified atom stereocenters. The van der Waals surface area contributed by atoms with Gasteiger partial charge in [-0.25, -0.2) is 0 Å². The quantitative estimate of drug-likeness (QED) is 0.628. The molecule has 3 heteroatoms. The lowest BCUT2D eigenvalue weighted by Crippen LogP contribution is -1.92. The lowest BCUT2D eigenvalue weighted by molar-refractivity contribution is 0.480. The molecule has 3 rings (SSSR count). The van der Waals surface area contributed by atoms with E-state index in [4.69, 9.17) is 11.6 Å². The summed E-state index contributed by atoms with van der Waals surface area (Å²) in [6.07, 6.45) is 5.69. The molecule has 3 atom stereocenters. The second-order valence-corrected chi connectivity index (χ2v) is 7.76. The summed E-state index contributed by atoms with van der Waals surface area (Å²) in [6.45, 7) is 2.15. The molecule has 0 radical (unpaired) electrons. The van der Waals surface area contributed by atoms with Crippen LogP contribution in [0.2, 0.25) is 0 Å². The number of aryl methyl sites for hydroxylation is 1. The van der Waals surface area contributed by atoms with Crippen molar-refractivity contribution in [3.8, 4) is 0 Å². The fourth-order valence-electron chi connectivity index (χ4n) is 3.29. The van der Waals surface area contributed by atoms with Crippen LogP contribution < -0.4 is 0 Å². The summed E-state index contributed by atoms with van der Waals surface area (Å²) in [5, 5.41) is 0.267. The lowest BCUT2D eigenvalue weighted by Gasteiger charge is -2.05. The van der Waals surface area contributed by atoms with Crippen LogP contribution in [0.3, 0.4) is 0 Å². The first-order chi connectivity index (χ1) is 7.68. The highest BCUT2D eigenvalue weighted by molar-refractivity contribution is 9.10. The highest BCUT2D eigenvalue weighted by atomic mass is 79.9. The van der Waals surface area contributed by atoms with Gasteiger partial charge in [0.1, 0.15) is 0 Å². The minimum absolute atomic E-state index is 0.267. The molecule has 0 aromatic carbocycles. The summed E-state index contributed by atoms with van der Waals surface area (Å²) in [6, 6.07) is 2.22. The monoisotopic (exact) mass is 318 g/mol. The van der Waals surface area contributed by atoms with Crippen molar-refractivity contribution in [3.05, 3.63) is 20.3 Å². The highest BCUT2D eigenvalue weighted by Gasteiger charge is 2.54. The zero-order valence-corrected chi connectivity index (χ0v) is 12.5. The normalized spacial score (nSPS) is 34.6. The Bertz CT molecular complexity index is 369. The molecule has 0 nitrogen and oxygen atoms in total. The van der Waals surface area contributed by atoms with Crippen LogP contribution in [0, 0.1) is 24.7 Å². The Morgan fingerprint density at radius 1 is 1.38 bits per heavy atom. The summed E-state index contributed by atoms with van der Waals surface area (Å²) in [7, 11) is 0. The zero-order valence-electron chi connectivity index (χ0n) is 9.38. The molecule has 0 bridgehead atoms. The van der Waals surface area contributed by atoms with Crippen molar-refractivity contribution in [1.29, 1.82) is 0 Å². The van der Waals surface area contributed by atoms with Crippen molar-refractivity contribution in [3.63, 3.8) is 0 Å². The van der Waals surface area contributed by atoms with Gasteiger partial charge in [0.2, 0.25) is 0 Å². The van der Waals surface area contributed by atoms with Crippen LogP contribution in [-0.2, 0) is 0 Å². The molecule has 1 aromatic rings. The fraction of sp³-hybridized carbons (Fsp3) is 0.692. The molecule has 2 fully saturated rings. The van der Waals surface area contributed by atoms with Gasteiger partial charge in [-0.05, 0) is 59.5 Å². The van der Waals surface area contributed by atoms with E-state index in [1.807, 2.05) is 11.3 Å². The number of alkyl halides is 1. The standard InChI is InChI=1S/C13H16BrClS/c1-7-10(14)6-11(16-7)13(15)12-8-4-2-3-5-9(8)12/h6,8-9,12-13H,2-5H2,1H3. The summed E-state index contributed by atoms with van der Waals surface area (Å²) in [5.41, 5.74) is 0. The van der Waals surface area contributed by atoms with Crippen LogP contribution in [0.5, 0.6) is 0 Å². The Labute approximate surface area is 115 Å². The number of hydrogen-bond donors (Lipinski definition) is 0. The lowest BCUT2D eigenvalue weighted by atomic mass is 10.0. The van der Waals surface area contributed by atoms with Crippen LogP contribution in [-0.4, -0.2) is 0 Å². The van der Waals surface area contributed by atoms with Gasteiger partial charge in [0.15, 0.2) is 0 Å². The van der Waals surface area contributed by atoms with E-state index in [1.54, 1.807) is 0 Å². The molecule has 0 spiro atoms. The maximum atomic E-state index is 6.65. The first-order valence-corrected chi connectivity index (χ1v) is 8.13. The van der Waals surface area contributed by atoms with Gasteiger partial charge >= 0.3 is 0 Å². The van der Waals surface area contributed by atoms with Crippen LogP contribution in [0.25, 0.3) is 0 Å². The van der Waals surface area contributed by atoms with Crippen LogP contribution in [0.1, 0.15) is 40.8 Å². The molecular weight excluding hydrogens is 304 g/mol. The minimum Gasteiger partial charge on any atom is -0.143 e. The molecule has 2 aliphatic rings. The second-order valence-electron chi connectivity index (χ2n) is 5.14. The molecule has 2 aliphatic carbocycles. The van der Waals surface area contributed by atoms with Gasteiger partial charge in [-0.15, -0.1) is 22.9 Å². The predicted octanol–water partition coefficient (Wildman–Crippen LogP) is 5.54. The Kier molecular flexibility index (Phi) is 3.10. The first-order valence-electron chi connectivity index (χ1n) is 6.08. The first kappa shape index (κ1) is 11.6. The smallest absolute Gasteiger partial charge is 0.0712 e. The van der Waals surface area contributed by atoms with Crippen LogP contribution >= 0.6 is 38.9 Å². The fourth-order valence-corrected chi connectivity index (χ4v) is 5.46. The van der Waals surface area contributed by atoms with E-state index in [9.17, 15) is 0 Å². The van der Waals surface area contributed by atoms with E-state index < -0.39 is 0 Å². The van der Waals surface area contributed by atoms with Crippen LogP contribution in [0.15, 0.2) is 10.5 Å². The topological polar surface area (TPSA) is 0 Å². The summed E-state index contributed by atoms with van der Waals surface area (Å²) in [5.74, 6) is 2.66. The molecule has 16 heavy (non-hydrogen) atoms. The number of halogens is 2. The van der Waals surface area contributed by atoms with Gasteiger partial charge in [0, 0.05) is 14.2 Å². The van der Waals surface area contributed by atoms with Crippen molar-refractivity contribution < 1.29 is 0 Å². The Balaban J connectivity index is 1.76. The van der Waals surface area contributed by atoms with Crippen molar-refractivity contribution >= 4 is 38.9 Å². The SMILES string of the molecule is Cc1sc(C(Cl)C2C3CCCCC32)cc1Br. The molecule has 88 valence electrons. The highest BCUT2D eigenvalue weighted by Crippen LogP contribution is 2.62. The minimum atomic E-state index is 0.267. The van der Waals surface area contributed by atoms with Crippen molar-refractivity contribution in [1.82, 2.24) is 0 Å². The molecule has 1 aromatic heterocycles. The number of thiophene rings is 1. The number of fused-ring (bicyclic) bond motifs is 1. The van der Waals surface area contributed by atoms with Gasteiger partial charge in [-0.3, -0.25) is 0 Å². The third-order valence-electron chi connectivity index (χ3n) is 4.21. The summed E-state index contributed by atoms with van der Waals surface area (Å²) < 4.78 is 1.22. The van der Waals surface area contributed by atoms with E-state index >= 15 is 0 Å². The Morgan fingerprint density at radius 2 is 2.00 bits per heavy atom. The molecule has 0 aliphatic heterocycles. The van der Waals surface area contributed by atoms with Crippen molar-refractivity contribution in [2.75, 3.05) is 0 Å². The number of rotatable bonds is 2. The van der Waals surface area contributed by atoms with E-state index in [1.165, 1.54) is 39.9 Å². The summed E-state index contributed by atoms with van der Waals surface area (Å²) in [4.78, 5) is 2.72. The van der Waals surface area contributed by atoms with Gasteiger partial charge in [0.05, 0.1) is 5.38 Å². The van der Waals surface area contributed by atoms with Crippen molar-refractivity contribution in [2.24, 2.45) is 17.8 Å². The van der Waals surface area contributed by atoms with E-state index in [0.717, 1.165) is 17.8 Å². The van der Waals surface area contributed by atoms with Gasteiger partial charge < -0.3 is 0 Å². The third-order valence-corrected chi connectivity index (χ3v) is 7.08. The average Bonchev–Trinajstić information content (AvgIpc) is 2.91. The molecule has 2 saturated carbocycles. The van der Waals surface area contributed by atoms with E-state index in [2.05, 4.69) is 28.9 Å². The molecule has 0 saturated heterocycles. The predicted molar refractivity (Wildman–Crippen MR) is 74.3 cm³/mol. The van der Waals surface area contributed by atoms with Gasteiger partial charge in [0.25, 0.3) is 0 Å². The van der Waals surface area contributed by atoms with E-state index in [0.29, 0.717) is 0 Å². The maximum absolute atomic E-state index is 6.65. The zero-order chi connectivity index (χ0) is 11.3. The van der Waals surface area contributed by atoms with Gasteiger partial charge in [-0.2, -0.15) is 0 Å². The molecular formula is C13H16BrClS. The molecule has 1 heterocycles. The third kappa shape index (κ3) is 1.87. The maximum Gasteiger partial charge on any atom is 0.0712 e. The Morgan fingerprint density at radius 3 is 2.50 bits per heavy atom. The summed E-state index contributed by atoms with van der Waals surface area (Å²) >= 11 is 12.1. The molecule has 0 N–H and O–H groups in total. The second kappa shape index (κ2) is 4.29. The van der Waals surface area contributed by atoms with Crippen LogP contribution in [0.4, 0.5) is 0 Å². The number of hydrogen-bond acceptors (Lipinski definition) is 1. The average molecular weight is 320 g/mol. The van der Waals surface area contributed by atoms with Crippen molar-refractivity contribution in [2.45, 2.75) is 38.0 Å². The van der Waals surface area contributed by atoms with Gasteiger partial charge in [-0.1, -0.05) is 12.8 Å². The largest absolute Gasteiger partial charge is 0.143 e. The molecule has 0 amide bonds. The Hall–Kier alpha value is 0.470. The van der Waals surface area contributed by atoms with E-state index in [-0.39, 0.29) is 5.38 Å².